The van der Waals surface area contributed by atoms with Crippen molar-refractivity contribution in [3.63, 3.8) is 0 Å². The van der Waals surface area contributed by atoms with Gasteiger partial charge in [-0.3, -0.25) is 0 Å². The molecule has 0 heterocycles. The van der Waals surface area contributed by atoms with Crippen LogP contribution in [0.5, 0.6) is 0 Å². The van der Waals surface area contributed by atoms with E-state index in [0.717, 1.165) is 35.5 Å². The maximum Gasteiger partial charge on any atom is -0.0332 e. The van der Waals surface area contributed by atoms with Crippen molar-refractivity contribution in [2.75, 3.05) is 0 Å². The summed E-state index contributed by atoms with van der Waals surface area (Å²) in [6.07, 6.45) is 7.18. The average molecular weight is 281 g/mol. The van der Waals surface area contributed by atoms with Gasteiger partial charge in [0, 0.05) is 0 Å². The van der Waals surface area contributed by atoms with Gasteiger partial charge in [-0.1, -0.05) is 68.2 Å². The molecule has 0 amide bonds. The first kappa shape index (κ1) is 18.1. The van der Waals surface area contributed by atoms with Crippen molar-refractivity contribution in [3.8, 4) is 0 Å². The molecule has 5 unspecified atom stereocenters. The summed E-state index contributed by atoms with van der Waals surface area (Å²) in [5.74, 6) is 5.54. The van der Waals surface area contributed by atoms with E-state index in [4.69, 9.17) is 0 Å². The van der Waals surface area contributed by atoms with Crippen LogP contribution in [-0.2, 0) is 0 Å². The lowest BCUT2D eigenvalue weighted by Gasteiger charge is -2.40. The number of hydrogen-bond acceptors (Lipinski definition) is 0. The molecule has 120 valence electrons. The molecule has 1 aliphatic rings. The van der Waals surface area contributed by atoms with Gasteiger partial charge in [0.2, 0.25) is 0 Å². The molecule has 0 nitrogen and oxygen atoms in total. The van der Waals surface area contributed by atoms with Crippen LogP contribution in [0, 0.1) is 40.9 Å². The van der Waals surface area contributed by atoms with E-state index in [9.17, 15) is 0 Å². The van der Waals surface area contributed by atoms with Gasteiger partial charge >= 0.3 is 0 Å². The standard InChI is InChI=1S/C20H40/c1-9-18(16(5)13-20(6,7)8)19(14(2)3)17-11-10-15(4)12-17/h14-19H,9-13H2,1-8H3. The van der Waals surface area contributed by atoms with Crippen LogP contribution >= 0.6 is 0 Å². The molecule has 0 aromatic carbocycles. The Bertz CT molecular complexity index is 270. The molecule has 1 saturated carbocycles. The highest BCUT2D eigenvalue weighted by atomic mass is 14.4. The van der Waals surface area contributed by atoms with Crippen LogP contribution in [0.3, 0.4) is 0 Å². The topological polar surface area (TPSA) is 0 Å². The van der Waals surface area contributed by atoms with Crippen molar-refractivity contribution >= 4 is 0 Å². The van der Waals surface area contributed by atoms with Gasteiger partial charge in [0.25, 0.3) is 0 Å². The first-order valence-corrected chi connectivity index (χ1v) is 9.15. The SMILES string of the molecule is CCC(C(C)CC(C)(C)C)C(C(C)C)C1CCC(C)C1. The fraction of sp³-hybridized carbons (Fsp3) is 1.00. The lowest BCUT2D eigenvalue weighted by Crippen LogP contribution is -2.32. The molecule has 0 bridgehead atoms. The molecule has 0 aliphatic heterocycles. The van der Waals surface area contributed by atoms with Crippen molar-refractivity contribution in [2.24, 2.45) is 40.9 Å². The van der Waals surface area contributed by atoms with Crippen molar-refractivity contribution in [2.45, 2.75) is 87.5 Å². The van der Waals surface area contributed by atoms with Crippen molar-refractivity contribution < 1.29 is 0 Å². The minimum atomic E-state index is 0.470. The zero-order chi connectivity index (χ0) is 15.5. The summed E-state index contributed by atoms with van der Waals surface area (Å²) >= 11 is 0. The Hall–Kier alpha value is 0. The first-order chi connectivity index (χ1) is 9.15. The maximum absolute atomic E-state index is 2.52. The second kappa shape index (κ2) is 7.32. The summed E-state index contributed by atoms with van der Waals surface area (Å²) in [6.45, 7) is 19.6. The number of hydrogen-bond donors (Lipinski definition) is 0. The van der Waals surface area contributed by atoms with Gasteiger partial charge in [-0.2, -0.15) is 0 Å². The van der Waals surface area contributed by atoms with E-state index in [2.05, 4.69) is 55.4 Å². The molecule has 0 spiro atoms. The highest BCUT2D eigenvalue weighted by Crippen LogP contribution is 2.46. The molecule has 0 radical (unpaired) electrons. The highest BCUT2D eigenvalue weighted by molar-refractivity contribution is 4.87. The summed E-state index contributed by atoms with van der Waals surface area (Å²) in [6, 6.07) is 0. The van der Waals surface area contributed by atoms with E-state index in [1.54, 1.807) is 0 Å². The van der Waals surface area contributed by atoms with E-state index < -0.39 is 0 Å². The third-order valence-corrected chi connectivity index (χ3v) is 5.68. The Labute approximate surface area is 129 Å². The van der Waals surface area contributed by atoms with Crippen LogP contribution in [0.4, 0.5) is 0 Å². The fourth-order valence-corrected chi connectivity index (χ4v) is 5.16. The molecule has 0 aromatic heterocycles. The molecule has 0 aromatic rings. The molecule has 1 rings (SSSR count). The first-order valence-electron chi connectivity index (χ1n) is 9.15. The van der Waals surface area contributed by atoms with E-state index >= 15 is 0 Å². The summed E-state index contributed by atoms with van der Waals surface area (Å²) in [5, 5.41) is 0. The Morgan fingerprint density at radius 1 is 1.05 bits per heavy atom. The summed E-state index contributed by atoms with van der Waals surface area (Å²) in [7, 11) is 0. The van der Waals surface area contributed by atoms with Crippen LogP contribution in [-0.4, -0.2) is 0 Å². The average Bonchev–Trinajstić information content (AvgIpc) is 2.68. The van der Waals surface area contributed by atoms with E-state index in [-0.39, 0.29) is 0 Å². The zero-order valence-electron chi connectivity index (χ0n) is 15.5. The quantitative estimate of drug-likeness (QED) is 0.502. The predicted octanol–water partition coefficient (Wildman–Crippen LogP) is 6.79. The van der Waals surface area contributed by atoms with Crippen LogP contribution in [0.25, 0.3) is 0 Å². The van der Waals surface area contributed by atoms with Gasteiger partial charge in [0.15, 0.2) is 0 Å². The molecule has 5 atom stereocenters. The van der Waals surface area contributed by atoms with Crippen LogP contribution < -0.4 is 0 Å². The van der Waals surface area contributed by atoms with Gasteiger partial charge < -0.3 is 0 Å². The van der Waals surface area contributed by atoms with Crippen LogP contribution in [0.15, 0.2) is 0 Å². The second-order valence-corrected chi connectivity index (χ2v) is 9.31. The summed E-state index contributed by atoms with van der Waals surface area (Å²) in [5.41, 5.74) is 0.470. The van der Waals surface area contributed by atoms with E-state index in [1.807, 2.05) is 0 Å². The largest absolute Gasteiger partial charge is 0.0651 e. The fourth-order valence-electron chi connectivity index (χ4n) is 5.16. The Balaban J connectivity index is 2.81. The van der Waals surface area contributed by atoms with Gasteiger partial charge in [0.1, 0.15) is 0 Å². The minimum Gasteiger partial charge on any atom is -0.0651 e. The monoisotopic (exact) mass is 280 g/mol. The lowest BCUT2D eigenvalue weighted by atomic mass is 9.65. The van der Waals surface area contributed by atoms with Crippen molar-refractivity contribution in [3.05, 3.63) is 0 Å². The second-order valence-electron chi connectivity index (χ2n) is 9.31. The Morgan fingerprint density at radius 2 is 1.65 bits per heavy atom. The molecular weight excluding hydrogens is 240 g/mol. The van der Waals surface area contributed by atoms with Crippen LogP contribution in [0.1, 0.15) is 87.5 Å². The van der Waals surface area contributed by atoms with Crippen LogP contribution in [0.2, 0.25) is 0 Å². The molecular formula is C20H40. The highest BCUT2D eigenvalue weighted by Gasteiger charge is 2.37. The lowest BCUT2D eigenvalue weighted by molar-refractivity contribution is 0.0934. The van der Waals surface area contributed by atoms with Gasteiger partial charge in [-0.25, -0.2) is 0 Å². The molecule has 20 heavy (non-hydrogen) atoms. The van der Waals surface area contributed by atoms with Gasteiger partial charge in [-0.15, -0.1) is 0 Å². The third-order valence-electron chi connectivity index (χ3n) is 5.68. The third kappa shape index (κ3) is 5.08. The summed E-state index contributed by atoms with van der Waals surface area (Å²) < 4.78 is 0. The van der Waals surface area contributed by atoms with Crippen molar-refractivity contribution in [1.29, 1.82) is 0 Å². The molecule has 0 N–H and O–H groups in total. The van der Waals surface area contributed by atoms with Gasteiger partial charge in [-0.05, 0) is 60.2 Å². The van der Waals surface area contributed by atoms with Crippen molar-refractivity contribution in [1.82, 2.24) is 0 Å². The zero-order valence-corrected chi connectivity index (χ0v) is 15.5. The van der Waals surface area contributed by atoms with E-state index in [1.165, 1.54) is 32.1 Å². The minimum absolute atomic E-state index is 0.470. The molecule has 0 saturated heterocycles. The van der Waals surface area contributed by atoms with E-state index in [0.29, 0.717) is 5.41 Å². The van der Waals surface area contributed by atoms with Gasteiger partial charge in [0.05, 0.1) is 0 Å². The number of rotatable bonds is 6. The Morgan fingerprint density at radius 3 is 2.00 bits per heavy atom. The Kier molecular flexibility index (Phi) is 6.61. The molecule has 0 heteroatoms. The predicted molar refractivity (Wildman–Crippen MR) is 91.9 cm³/mol. The molecule has 1 aliphatic carbocycles. The summed E-state index contributed by atoms with van der Waals surface area (Å²) in [4.78, 5) is 0. The smallest absolute Gasteiger partial charge is 0.0332 e. The maximum atomic E-state index is 2.52. The molecule has 1 fully saturated rings. The normalized spacial score (nSPS) is 28.6.